The Kier molecular flexibility index (Phi) is 5.53. The van der Waals surface area contributed by atoms with Gasteiger partial charge >= 0.3 is 0 Å². The molecule has 0 unspecified atom stereocenters. The Morgan fingerprint density at radius 3 is 2.61 bits per heavy atom. The van der Waals surface area contributed by atoms with E-state index < -0.39 is 0 Å². The standard InChI is InChI=1S/C16H25NO/c1-2-12-18-16-8-6-15(7-9-16)13-17-11-10-14-4-3-5-14/h6-9,14,17H,2-5,10-13H2,1H3. The van der Waals surface area contributed by atoms with Crippen LogP contribution in [0, 0.1) is 5.92 Å². The van der Waals surface area contributed by atoms with Gasteiger partial charge in [0.05, 0.1) is 6.61 Å². The van der Waals surface area contributed by atoms with Crippen molar-refractivity contribution in [2.24, 2.45) is 5.92 Å². The summed E-state index contributed by atoms with van der Waals surface area (Å²) in [6.07, 6.45) is 6.75. The molecule has 1 saturated carbocycles. The second kappa shape index (κ2) is 7.42. The summed E-state index contributed by atoms with van der Waals surface area (Å²) >= 11 is 0. The lowest BCUT2D eigenvalue weighted by molar-refractivity contribution is 0.292. The van der Waals surface area contributed by atoms with Crippen LogP contribution in [0.4, 0.5) is 0 Å². The molecule has 0 saturated heterocycles. The Morgan fingerprint density at radius 1 is 1.22 bits per heavy atom. The predicted octanol–water partition coefficient (Wildman–Crippen LogP) is 3.76. The van der Waals surface area contributed by atoms with E-state index in [0.29, 0.717) is 0 Å². The van der Waals surface area contributed by atoms with Gasteiger partial charge in [0.25, 0.3) is 0 Å². The predicted molar refractivity (Wildman–Crippen MR) is 75.9 cm³/mol. The minimum atomic E-state index is 0.805. The molecular weight excluding hydrogens is 222 g/mol. The molecule has 18 heavy (non-hydrogen) atoms. The molecule has 1 aliphatic rings. The number of benzene rings is 1. The van der Waals surface area contributed by atoms with E-state index in [4.69, 9.17) is 4.74 Å². The maximum absolute atomic E-state index is 5.57. The fourth-order valence-corrected chi connectivity index (χ4v) is 2.24. The first-order valence-electron chi connectivity index (χ1n) is 7.31. The molecule has 1 N–H and O–H groups in total. The van der Waals surface area contributed by atoms with Crippen LogP contribution in [0.25, 0.3) is 0 Å². The van der Waals surface area contributed by atoms with Gasteiger partial charge in [-0.2, -0.15) is 0 Å². The molecule has 0 aliphatic heterocycles. The van der Waals surface area contributed by atoms with Crippen LogP contribution in [0.15, 0.2) is 24.3 Å². The van der Waals surface area contributed by atoms with E-state index in [1.165, 1.54) is 31.2 Å². The van der Waals surface area contributed by atoms with Gasteiger partial charge in [-0.15, -0.1) is 0 Å². The zero-order chi connectivity index (χ0) is 12.6. The summed E-state index contributed by atoms with van der Waals surface area (Å²) in [5.41, 5.74) is 1.34. The first kappa shape index (κ1) is 13.4. The van der Waals surface area contributed by atoms with E-state index in [0.717, 1.165) is 37.8 Å². The third-order valence-corrected chi connectivity index (χ3v) is 3.68. The smallest absolute Gasteiger partial charge is 0.119 e. The minimum Gasteiger partial charge on any atom is -0.494 e. The van der Waals surface area contributed by atoms with E-state index in [9.17, 15) is 0 Å². The van der Waals surface area contributed by atoms with E-state index in [1.54, 1.807) is 0 Å². The van der Waals surface area contributed by atoms with Gasteiger partial charge in [0, 0.05) is 6.54 Å². The monoisotopic (exact) mass is 247 g/mol. The lowest BCUT2D eigenvalue weighted by Gasteiger charge is -2.25. The van der Waals surface area contributed by atoms with Crippen molar-refractivity contribution in [3.63, 3.8) is 0 Å². The van der Waals surface area contributed by atoms with E-state index in [1.807, 2.05) is 0 Å². The average molecular weight is 247 g/mol. The summed E-state index contributed by atoms with van der Waals surface area (Å²) in [6.45, 7) is 5.05. The number of nitrogens with one attached hydrogen (secondary N) is 1. The van der Waals surface area contributed by atoms with Crippen LogP contribution in [-0.2, 0) is 6.54 Å². The van der Waals surface area contributed by atoms with Gasteiger partial charge in [0.15, 0.2) is 0 Å². The molecular formula is C16H25NO. The largest absolute Gasteiger partial charge is 0.494 e. The second-order valence-corrected chi connectivity index (χ2v) is 5.25. The molecule has 1 fully saturated rings. The molecule has 1 aliphatic carbocycles. The van der Waals surface area contributed by atoms with Crippen molar-refractivity contribution in [2.75, 3.05) is 13.2 Å². The van der Waals surface area contributed by atoms with Crippen LogP contribution in [0.5, 0.6) is 5.75 Å². The fraction of sp³-hybridized carbons (Fsp3) is 0.625. The van der Waals surface area contributed by atoms with Crippen molar-refractivity contribution in [2.45, 2.75) is 45.6 Å². The zero-order valence-corrected chi connectivity index (χ0v) is 11.5. The van der Waals surface area contributed by atoms with Crippen LogP contribution in [0.1, 0.15) is 44.6 Å². The summed E-state index contributed by atoms with van der Waals surface area (Å²) < 4.78 is 5.57. The Balaban J connectivity index is 1.62. The third-order valence-electron chi connectivity index (χ3n) is 3.68. The Morgan fingerprint density at radius 2 is 2.00 bits per heavy atom. The topological polar surface area (TPSA) is 21.3 Å². The lowest BCUT2D eigenvalue weighted by atomic mass is 9.83. The van der Waals surface area contributed by atoms with Gasteiger partial charge in [0.1, 0.15) is 5.75 Å². The molecule has 0 heterocycles. The van der Waals surface area contributed by atoms with Gasteiger partial charge in [0.2, 0.25) is 0 Å². The molecule has 1 aromatic rings. The molecule has 2 rings (SSSR count). The first-order chi connectivity index (χ1) is 8.88. The Labute approximate surface area is 111 Å². The minimum absolute atomic E-state index is 0.805. The molecule has 0 aromatic heterocycles. The summed E-state index contributed by atoms with van der Waals surface area (Å²) in [5.74, 6) is 1.98. The molecule has 0 atom stereocenters. The van der Waals surface area contributed by atoms with Gasteiger partial charge in [-0.1, -0.05) is 38.3 Å². The highest BCUT2D eigenvalue weighted by atomic mass is 16.5. The van der Waals surface area contributed by atoms with E-state index >= 15 is 0 Å². The highest BCUT2D eigenvalue weighted by Crippen LogP contribution is 2.28. The molecule has 100 valence electrons. The van der Waals surface area contributed by atoms with Gasteiger partial charge in [-0.05, 0) is 43.0 Å². The molecule has 0 radical (unpaired) electrons. The highest BCUT2D eigenvalue weighted by Gasteiger charge is 2.15. The van der Waals surface area contributed by atoms with Gasteiger partial charge < -0.3 is 10.1 Å². The lowest BCUT2D eigenvalue weighted by Crippen LogP contribution is -2.21. The van der Waals surface area contributed by atoms with Crippen molar-refractivity contribution >= 4 is 0 Å². The summed E-state index contributed by atoms with van der Waals surface area (Å²) in [4.78, 5) is 0. The van der Waals surface area contributed by atoms with E-state index in [-0.39, 0.29) is 0 Å². The fourth-order valence-electron chi connectivity index (χ4n) is 2.24. The maximum Gasteiger partial charge on any atom is 0.119 e. The molecule has 0 spiro atoms. The molecule has 2 heteroatoms. The molecule has 2 nitrogen and oxygen atoms in total. The van der Waals surface area contributed by atoms with Crippen molar-refractivity contribution in [1.82, 2.24) is 5.32 Å². The second-order valence-electron chi connectivity index (χ2n) is 5.25. The molecule has 0 amide bonds. The first-order valence-corrected chi connectivity index (χ1v) is 7.31. The van der Waals surface area contributed by atoms with Crippen LogP contribution in [0.3, 0.4) is 0 Å². The van der Waals surface area contributed by atoms with Crippen molar-refractivity contribution in [3.05, 3.63) is 29.8 Å². The Bertz CT molecular complexity index is 329. The summed E-state index contributed by atoms with van der Waals surface area (Å²) in [5, 5.41) is 3.52. The number of hydrogen-bond acceptors (Lipinski definition) is 2. The SMILES string of the molecule is CCCOc1ccc(CNCCC2CCC2)cc1. The van der Waals surface area contributed by atoms with Crippen molar-refractivity contribution in [3.8, 4) is 5.75 Å². The summed E-state index contributed by atoms with van der Waals surface area (Å²) in [7, 11) is 0. The van der Waals surface area contributed by atoms with Crippen LogP contribution in [0.2, 0.25) is 0 Å². The Hall–Kier alpha value is -1.02. The average Bonchev–Trinajstić information content (AvgIpc) is 2.35. The normalized spacial score (nSPS) is 15.4. The van der Waals surface area contributed by atoms with Crippen molar-refractivity contribution in [1.29, 1.82) is 0 Å². The quantitative estimate of drug-likeness (QED) is 0.706. The number of rotatable bonds is 8. The van der Waals surface area contributed by atoms with Crippen molar-refractivity contribution < 1.29 is 4.74 Å². The van der Waals surface area contributed by atoms with Gasteiger partial charge in [-0.3, -0.25) is 0 Å². The van der Waals surface area contributed by atoms with Crippen LogP contribution >= 0.6 is 0 Å². The van der Waals surface area contributed by atoms with Crippen LogP contribution in [-0.4, -0.2) is 13.2 Å². The molecule has 0 bridgehead atoms. The number of ether oxygens (including phenoxy) is 1. The number of hydrogen-bond donors (Lipinski definition) is 1. The molecule has 1 aromatic carbocycles. The van der Waals surface area contributed by atoms with Crippen LogP contribution < -0.4 is 10.1 Å². The third kappa shape index (κ3) is 4.34. The zero-order valence-electron chi connectivity index (χ0n) is 11.5. The maximum atomic E-state index is 5.57. The van der Waals surface area contributed by atoms with Gasteiger partial charge in [-0.25, -0.2) is 0 Å². The summed E-state index contributed by atoms with van der Waals surface area (Å²) in [6, 6.07) is 8.44. The van der Waals surface area contributed by atoms with E-state index in [2.05, 4.69) is 36.5 Å². The highest BCUT2D eigenvalue weighted by molar-refractivity contribution is 5.27.